The van der Waals surface area contributed by atoms with E-state index >= 15 is 0 Å². The minimum atomic E-state index is -0.244. The number of amides is 1. The van der Waals surface area contributed by atoms with E-state index in [2.05, 4.69) is 26.0 Å². The Bertz CT molecular complexity index is 1180. The average molecular weight is 404 g/mol. The molecular weight excluding hydrogens is 384 g/mol. The van der Waals surface area contributed by atoms with Crippen LogP contribution in [0.3, 0.4) is 0 Å². The van der Waals surface area contributed by atoms with E-state index in [9.17, 15) is 4.79 Å². The molecule has 30 heavy (non-hydrogen) atoms. The van der Waals surface area contributed by atoms with E-state index in [0.29, 0.717) is 29.4 Å². The summed E-state index contributed by atoms with van der Waals surface area (Å²) in [6.45, 7) is 4.03. The minimum absolute atomic E-state index is 0.244. The van der Waals surface area contributed by atoms with Crippen LogP contribution >= 0.6 is 0 Å². The van der Waals surface area contributed by atoms with Crippen LogP contribution in [0.2, 0.25) is 0 Å². The highest BCUT2D eigenvalue weighted by atomic mass is 16.5. The highest BCUT2D eigenvalue weighted by molar-refractivity contribution is 6.04. The van der Waals surface area contributed by atoms with Gasteiger partial charge < -0.3 is 14.6 Å². The summed E-state index contributed by atoms with van der Waals surface area (Å²) in [6.07, 6.45) is 0. The van der Waals surface area contributed by atoms with Crippen molar-refractivity contribution in [2.24, 2.45) is 7.05 Å². The molecule has 9 nitrogen and oxygen atoms in total. The first-order valence-electron chi connectivity index (χ1n) is 9.30. The van der Waals surface area contributed by atoms with Crippen molar-refractivity contribution in [2.75, 3.05) is 5.32 Å². The smallest absolute Gasteiger partial charge is 0.255 e. The van der Waals surface area contributed by atoms with Gasteiger partial charge in [0.05, 0.1) is 11.3 Å². The Morgan fingerprint density at radius 3 is 2.73 bits per heavy atom. The molecule has 4 rings (SSSR count). The number of hydrogen-bond donors (Lipinski definition) is 1. The van der Waals surface area contributed by atoms with Gasteiger partial charge in [-0.1, -0.05) is 23.4 Å². The molecule has 4 aromatic rings. The molecule has 0 spiro atoms. The lowest BCUT2D eigenvalue weighted by atomic mass is 10.1. The van der Waals surface area contributed by atoms with Gasteiger partial charge in [-0.05, 0) is 54.6 Å². The largest absolute Gasteiger partial charge is 0.489 e. The van der Waals surface area contributed by atoms with Crippen LogP contribution in [0.15, 0.2) is 53.1 Å². The number of anilines is 1. The number of carbonyl (C=O) groups excluding carboxylic acids is 1. The van der Waals surface area contributed by atoms with Gasteiger partial charge in [-0.25, -0.2) is 4.68 Å². The third-order valence-electron chi connectivity index (χ3n) is 4.66. The van der Waals surface area contributed by atoms with Crippen molar-refractivity contribution >= 4 is 11.6 Å². The summed E-state index contributed by atoms with van der Waals surface area (Å²) < 4.78 is 12.5. The molecule has 0 fully saturated rings. The number of tetrazole rings is 1. The molecule has 0 unspecified atom stereocenters. The molecule has 152 valence electrons. The lowest BCUT2D eigenvalue weighted by Gasteiger charge is -2.09. The molecule has 0 bridgehead atoms. The Kier molecular flexibility index (Phi) is 5.25. The van der Waals surface area contributed by atoms with Crippen LogP contribution in [-0.2, 0) is 13.7 Å². The summed E-state index contributed by atoms with van der Waals surface area (Å²) in [6, 6.07) is 14.4. The molecule has 0 saturated carbocycles. The molecule has 1 N–H and O–H groups in total. The first-order valence-corrected chi connectivity index (χ1v) is 9.30. The molecule has 2 aromatic heterocycles. The average Bonchev–Trinajstić information content (AvgIpc) is 3.32. The van der Waals surface area contributed by atoms with Gasteiger partial charge >= 0.3 is 0 Å². The first-order chi connectivity index (χ1) is 14.5. The molecule has 9 heteroatoms. The van der Waals surface area contributed by atoms with E-state index in [4.69, 9.17) is 9.26 Å². The maximum Gasteiger partial charge on any atom is 0.255 e. The number of carbonyl (C=O) groups is 1. The molecule has 0 aliphatic rings. The van der Waals surface area contributed by atoms with Gasteiger partial charge in [0.2, 0.25) is 0 Å². The van der Waals surface area contributed by atoms with E-state index < -0.39 is 0 Å². The molecule has 0 radical (unpaired) electrons. The Hall–Kier alpha value is -4.01. The van der Waals surface area contributed by atoms with Crippen LogP contribution in [0.4, 0.5) is 5.69 Å². The van der Waals surface area contributed by atoms with E-state index in [-0.39, 0.29) is 5.91 Å². The number of rotatable bonds is 6. The summed E-state index contributed by atoms with van der Waals surface area (Å²) >= 11 is 0. The van der Waals surface area contributed by atoms with Gasteiger partial charge in [-0.3, -0.25) is 4.79 Å². The molecule has 2 heterocycles. The van der Waals surface area contributed by atoms with Crippen molar-refractivity contribution < 1.29 is 14.1 Å². The van der Waals surface area contributed by atoms with Crippen molar-refractivity contribution in [1.29, 1.82) is 0 Å². The fourth-order valence-electron chi connectivity index (χ4n) is 3.00. The fourth-order valence-corrected chi connectivity index (χ4v) is 3.00. The Labute approximate surface area is 172 Å². The SMILES string of the molecule is Cc1noc(C)c1COc1cccc(C(=O)Nc2cccc(-c3nnnn3C)c2)c1. The number of ether oxygens (including phenoxy) is 1. The van der Waals surface area contributed by atoms with Crippen molar-refractivity contribution in [3.8, 4) is 17.1 Å². The lowest BCUT2D eigenvalue weighted by Crippen LogP contribution is -2.12. The fraction of sp³-hybridized carbons (Fsp3) is 0.190. The lowest BCUT2D eigenvalue weighted by molar-refractivity contribution is 0.102. The van der Waals surface area contributed by atoms with Gasteiger partial charge in [-0.2, -0.15) is 0 Å². The van der Waals surface area contributed by atoms with Crippen molar-refractivity contribution in [3.05, 3.63) is 71.1 Å². The van der Waals surface area contributed by atoms with Crippen LogP contribution in [0.5, 0.6) is 5.75 Å². The van der Waals surface area contributed by atoms with E-state index in [1.807, 2.05) is 38.1 Å². The molecule has 0 aliphatic carbocycles. The number of nitrogens with one attached hydrogen (secondary N) is 1. The number of aromatic nitrogens is 5. The first kappa shape index (κ1) is 19.3. The van der Waals surface area contributed by atoms with Gasteiger partial charge in [0.1, 0.15) is 18.1 Å². The van der Waals surface area contributed by atoms with Crippen LogP contribution < -0.4 is 10.1 Å². The predicted molar refractivity (Wildman–Crippen MR) is 109 cm³/mol. The monoisotopic (exact) mass is 404 g/mol. The Balaban J connectivity index is 1.47. The summed E-state index contributed by atoms with van der Waals surface area (Å²) in [5.41, 5.74) is 3.62. The molecule has 1 amide bonds. The van der Waals surface area contributed by atoms with Gasteiger partial charge in [0, 0.05) is 23.9 Å². The summed E-state index contributed by atoms with van der Waals surface area (Å²) in [5.74, 6) is 1.67. The van der Waals surface area contributed by atoms with E-state index in [1.54, 1.807) is 36.0 Å². The summed E-state index contributed by atoms with van der Waals surface area (Å²) in [7, 11) is 1.76. The second-order valence-corrected chi connectivity index (χ2v) is 6.78. The minimum Gasteiger partial charge on any atom is -0.489 e. The van der Waals surface area contributed by atoms with Crippen molar-refractivity contribution in [2.45, 2.75) is 20.5 Å². The molecule has 0 aliphatic heterocycles. The quantitative estimate of drug-likeness (QED) is 0.525. The zero-order valence-electron chi connectivity index (χ0n) is 16.8. The number of benzene rings is 2. The second kappa shape index (κ2) is 8.16. The maximum atomic E-state index is 12.7. The summed E-state index contributed by atoms with van der Waals surface area (Å²) in [4.78, 5) is 12.7. The second-order valence-electron chi connectivity index (χ2n) is 6.78. The predicted octanol–water partition coefficient (Wildman–Crippen LogP) is 3.31. The highest BCUT2D eigenvalue weighted by Gasteiger charge is 2.12. The third-order valence-corrected chi connectivity index (χ3v) is 4.66. The maximum absolute atomic E-state index is 12.7. The molecular formula is C21H20N6O3. The zero-order chi connectivity index (χ0) is 21.1. The van der Waals surface area contributed by atoms with Gasteiger partial charge in [-0.15, -0.1) is 5.10 Å². The van der Waals surface area contributed by atoms with Crippen LogP contribution in [0.25, 0.3) is 11.4 Å². The molecule has 0 saturated heterocycles. The number of nitrogens with zero attached hydrogens (tertiary/aromatic N) is 5. The van der Waals surface area contributed by atoms with Gasteiger partial charge in [0.15, 0.2) is 5.82 Å². The summed E-state index contributed by atoms with van der Waals surface area (Å²) in [5, 5.41) is 18.3. The number of hydrogen-bond acceptors (Lipinski definition) is 7. The zero-order valence-corrected chi connectivity index (χ0v) is 16.8. The van der Waals surface area contributed by atoms with Crippen molar-refractivity contribution in [1.82, 2.24) is 25.4 Å². The standard InChI is InChI=1S/C21H20N6O3/c1-13-19(14(2)30-24-13)12-29-18-9-5-7-16(11-18)21(28)22-17-8-4-6-15(10-17)20-23-25-26-27(20)3/h4-11H,12H2,1-3H3,(H,22,28). The van der Waals surface area contributed by atoms with Crippen LogP contribution in [0.1, 0.15) is 27.4 Å². The highest BCUT2D eigenvalue weighted by Crippen LogP contribution is 2.22. The van der Waals surface area contributed by atoms with Crippen LogP contribution in [-0.4, -0.2) is 31.3 Å². The van der Waals surface area contributed by atoms with E-state index in [1.165, 1.54) is 0 Å². The molecule has 2 aromatic carbocycles. The van der Waals surface area contributed by atoms with E-state index in [0.717, 1.165) is 22.6 Å². The Morgan fingerprint density at radius 2 is 2.00 bits per heavy atom. The topological polar surface area (TPSA) is 108 Å². The number of aryl methyl sites for hydroxylation is 3. The molecule has 0 atom stereocenters. The van der Waals surface area contributed by atoms with Crippen molar-refractivity contribution in [3.63, 3.8) is 0 Å². The van der Waals surface area contributed by atoms with Crippen LogP contribution in [0, 0.1) is 13.8 Å². The third kappa shape index (κ3) is 4.04. The normalized spacial score (nSPS) is 10.8. The van der Waals surface area contributed by atoms with Gasteiger partial charge in [0.25, 0.3) is 5.91 Å². The Morgan fingerprint density at radius 1 is 1.17 bits per heavy atom.